The van der Waals surface area contributed by atoms with E-state index in [4.69, 9.17) is 0 Å². The minimum absolute atomic E-state index is 0.0783. The van der Waals surface area contributed by atoms with Gasteiger partial charge in [0.1, 0.15) is 17.4 Å². The Kier molecular flexibility index (Phi) is 4.37. The number of carbonyl (C=O) groups excluding carboxylic acids is 1. The topological polar surface area (TPSA) is 94.7 Å². The summed E-state index contributed by atoms with van der Waals surface area (Å²) < 4.78 is 3.01. The first-order valence-corrected chi connectivity index (χ1v) is 12.2. The molecule has 30 heavy (non-hydrogen) atoms. The minimum Gasteiger partial charge on any atom is -0.299 e. The van der Waals surface area contributed by atoms with Crippen LogP contribution >= 0.6 is 11.3 Å². The normalized spacial score (nSPS) is 32.1. The van der Waals surface area contributed by atoms with E-state index in [9.17, 15) is 9.59 Å². The number of nitrogens with one attached hydrogen (secondary N) is 1. The highest BCUT2D eigenvalue weighted by molar-refractivity contribution is 7.15. The molecule has 0 saturated heterocycles. The molecule has 160 valence electrons. The van der Waals surface area contributed by atoms with E-state index in [1.807, 2.05) is 0 Å². The van der Waals surface area contributed by atoms with Gasteiger partial charge < -0.3 is 0 Å². The highest BCUT2D eigenvalue weighted by atomic mass is 32.1. The first-order chi connectivity index (χ1) is 14.6. The summed E-state index contributed by atoms with van der Waals surface area (Å²) in [6.07, 6.45) is 11.8. The summed E-state index contributed by atoms with van der Waals surface area (Å²) in [6.45, 7) is 0.617. The molecule has 0 aromatic carbocycles. The smallest absolute Gasteiger partial charge is 0.299 e. The number of hydrogen-bond acceptors (Lipinski definition) is 6. The van der Waals surface area contributed by atoms with Gasteiger partial charge in [0.25, 0.3) is 0 Å². The van der Waals surface area contributed by atoms with Crippen LogP contribution in [0.3, 0.4) is 0 Å². The maximum atomic E-state index is 12.6. The van der Waals surface area contributed by atoms with Gasteiger partial charge in [-0.2, -0.15) is 5.10 Å². The Morgan fingerprint density at radius 2 is 1.80 bits per heavy atom. The molecule has 4 aliphatic carbocycles. The Morgan fingerprint density at radius 3 is 2.53 bits per heavy atom. The maximum absolute atomic E-state index is 12.6. The number of carbonyl (C=O) groups is 1. The quantitative estimate of drug-likeness (QED) is 0.808. The first kappa shape index (κ1) is 18.7. The number of rotatable bonds is 4. The summed E-state index contributed by atoms with van der Waals surface area (Å²) >= 11 is 1.53. The molecule has 4 bridgehead atoms. The van der Waals surface area contributed by atoms with Crippen molar-refractivity contribution in [3.05, 3.63) is 21.3 Å². The van der Waals surface area contributed by atoms with E-state index in [0.717, 1.165) is 54.3 Å². The molecule has 0 spiro atoms. The van der Waals surface area contributed by atoms with E-state index >= 15 is 0 Å². The Morgan fingerprint density at radius 1 is 1.07 bits per heavy atom. The van der Waals surface area contributed by atoms with Crippen molar-refractivity contribution >= 4 is 22.4 Å². The Balaban J connectivity index is 1.16. The third kappa shape index (κ3) is 3.13. The number of fused-ring (bicyclic) bond motifs is 1. The molecule has 2 aromatic rings. The molecule has 8 nitrogen and oxygen atoms in total. The Bertz CT molecular complexity index is 1000. The molecule has 1 amide bonds. The molecule has 0 unspecified atom stereocenters. The van der Waals surface area contributed by atoms with Gasteiger partial charge in [0.05, 0.1) is 0 Å². The van der Waals surface area contributed by atoms with Crippen molar-refractivity contribution in [1.29, 1.82) is 0 Å². The van der Waals surface area contributed by atoms with Gasteiger partial charge in [0.2, 0.25) is 11.0 Å². The molecule has 0 radical (unpaired) electrons. The van der Waals surface area contributed by atoms with Crippen molar-refractivity contribution in [2.24, 2.45) is 17.8 Å². The van der Waals surface area contributed by atoms with E-state index in [2.05, 4.69) is 20.6 Å². The second kappa shape index (κ2) is 7.00. The van der Waals surface area contributed by atoms with Crippen LogP contribution in [0.1, 0.15) is 68.6 Å². The van der Waals surface area contributed by atoms with E-state index in [-0.39, 0.29) is 23.6 Å². The maximum Gasteiger partial charge on any atom is 0.346 e. The number of anilines is 1. The predicted octanol–water partition coefficient (Wildman–Crippen LogP) is 2.73. The highest BCUT2D eigenvalue weighted by Gasteiger charge is 2.53. The van der Waals surface area contributed by atoms with Crippen LogP contribution in [-0.4, -0.2) is 30.5 Å². The van der Waals surface area contributed by atoms with Crippen LogP contribution in [0.5, 0.6) is 0 Å². The summed E-state index contributed by atoms with van der Waals surface area (Å²) in [5.74, 6) is 3.08. The fourth-order valence-electron chi connectivity index (χ4n) is 6.88. The average molecular weight is 429 g/mol. The summed E-state index contributed by atoms with van der Waals surface area (Å²) in [7, 11) is 0. The third-order valence-electron chi connectivity index (χ3n) is 7.74. The standard InChI is InChI=1S/C21H28N6O2S/c28-17(12-27-20(29)26-5-3-1-2-4-16(26)25-27)22-19-24-23-18(30-19)21-9-13-6-14(10-21)8-15(7-13)11-21/h13-15H,1-12H2,(H,22,24,28). The zero-order valence-corrected chi connectivity index (χ0v) is 18.0. The van der Waals surface area contributed by atoms with Gasteiger partial charge in [-0.3, -0.25) is 14.7 Å². The lowest BCUT2D eigenvalue weighted by Gasteiger charge is -2.55. The number of nitrogens with zero attached hydrogens (tertiary/aromatic N) is 5. The molecule has 9 heteroatoms. The predicted molar refractivity (Wildman–Crippen MR) is 112 cm³/mol. The molecule has 3 heterocycles. The van der Waals surface area contributed by atoms with E-state index < -0.39 is 0 Å². The van der Waals surface area contributed by atoms with E-state index in [0.29, 0.717) is 11.7 Å². The Hall–Kier alpha value is -2.03. The van der Waals surface area contributed by atoms with Crippen molar-refractivity contribution in [2.45, 2.75) is 82.7 Å². The first-order valence-electron chi connectivity index (χ1n) is 11.4. The number of aromatic nitrogens is 5. The second-order valence-electron chi connectivity index (χ2n) is 9.98. The highest BCUT2D eigenvalue weighted by Crippen LogP contribution is 2.61. The van der Waals surface area contributed by atoms with Gasteiger partial charge in [0.15, 0.2) is 0 Å². The second-order valence-corrected chi connectivity index (χ2v) is 11.0. The van der Waals surface area contributed by atoms with Gasteiger partial charge in [-0.25, -0.2) is 9.48 Å². The lowest BCUT2D eigenvalue weighted by molar-refractivity contribution is -0.117. The molecular weight excluding hydrogens is 400 g/mol. The van der Waals surface area contributed by atoms with Crippen LogP contribution in [0, 0.1) is 17.8 Å². The number of hydrogen-bond donors (Lipinski definition) is 1. The van der Waals surface area contributed by atoms with Gasteiger partial charge in [0, 0.05) is 18.4 Å². The zero-order valence-electron chi connectivity index (χ0n) is 17.2. The van der Waals surface area contributed by atoms with Crippen molar-refractivity contribution in [3.63, 3.8) is 0 Å². The van der Waals surface area contributed by atoms with Gasteiger partial charge >= 0.3 is 5.69 Å². The van der Waals surface area contributed by atoms with Gasteiger partial charge in [-0.1, -0.05) is 17.8 Å². The van der Waals surface area contributed by atoms with Crippen molar-refractivity contribution < 1.29 is 4.79 Å². The van der Waals surface area contributed by atoms with Crippen molar-refractivity contribution in [1.82, 2.24) is 24.5 Å². The molecule has 7 rings (SSSR count). The molecule has 1 aliphatic heterocycles. The lowest BCUT2D eigenvalue weighted by Crippen LogP contribution is -2.48. The van der Waals surface area contributed by atoms with Crippen LogP contribution < -0.4 is 11.0 Å². The number of aryl methyl sites for hydroxylation is 1. The zero-order chi connectivity index (χ0) is 20.3. The van der Waals surface area contributed by atoms with E-state index in [1.54, 1.807) is 4.57 Å². The molecular formula is C21H28N6O2S. The number of amides is 1. The fourth-order valence-corrected chi connectivity index (χ4v) is 7.86. The van der Waals surface area contributed by atoms with Crippen LogP contribution in [0.4, 0.5) is 5.13 Å². The largest absolute Gasteiger partial charge is 0.346 e. The summed E-state index contributed by atoms with van der Waals surface area (Å²) in [6, 6.07) is 0. The van der Waals surface area contributed by atoms with E-state index in [1.165, 1.54) is 54.5 Å². The van der Waals surface area contributed by atoms with Crippen molar-refractivity contribution in [3.8, 4) is 0 Å². The Labute approximate surface area is 179 Å². The molecule has 2 aromatic heterocycles. The van der Waals surface area contributed by atoms with Crippen LogP contribution in [0.2, 0.25) is 0 Å². The monoisotopic (exact) mass is 428 g/mol. The fraction of sp³-hybridized carbons (Fsp3) is 0.762. The summed E-state index contributed by atoms with van der Waals surface area (Å²) in [5, 5.41) is 17.7. The van der Waals surface area contributed by atoms with Crippen LogP contribution in [0.15, 0.2) is 4.79 Å². The average Bonchev–Trinajstić information content (AvgIpc) is 3.19. The van der Waals surface area contributed by atoms with Crippen LogP contribution in [0.25, 0.3) is 0 Å². The molecule has 4 fully saturated rings. The van der Waals surface area contributed by atoms with Gasteiger partial charge in [-0.15, -0.1) is 10.2 Å². The molecule has 0 atom stereocenters. The molecule has 1 N–H and O–H groups in total. The van der Waals surface area contributed by atoms with Crippen molar-refractivity contribution in [2.75, 3.05) is 5.32 Å². The molecule has 4 saturated carbocycles. The lowest BCUT2D eigenvalue weighted by atomic mass is 9.50. The van der Waals surface area contributed by atoms with Gasteiger partial charge in [-0.05, 0) is 69.1 Å². The summed E-state index contributed by atoms with van der Waals surface area (Å²) in [5.41, 5.74) is 0.00175. The minimum atomic E-state index is -0.265. The SMILES string of the molecule is O=C(Cn1nc2n(c1=O)CCCCC2)Nc1nnc(C23CC4CC(CC(C4)C2)C3)s1. The third-order valence-corrected chi connectivity index (χ3v) is 8.82. The molecule has 5 aliphatic rings. The summed E-state index contributed by atoms with van der Waals surface area (Å²) in [4.78, 5) is 25.2. The van der Waals surface area contributed by atoms with Crippen LogP contribution in [-0.2, 0) is 29.7 Å².